The maximum Gasteiger partial charge on any atom is 0.161 e. The van der Waals surface area contributed by atoms with E-state index in [0.717, 1.165) is 44.2 Å². The quantitative estimate of drug-likeness (QED) is 0.753. The highest BCUT2D eigenvalue weighted by atomic mass is 35.5. The van der Waals surface area contributed by atoms with Gasteiger partial charge in [0.15, 0.2) is 11.5 Å². The predicted octanol–water partition coefficient (Wildman–Crippen LogP) is 2.30. The largest absolute Gasteiger partial charge is 0.493 e. The van der Waals surface area contributed by atoms with Gasteiger partial charge in [0.1, 0.15) is 6.61 Å². The Morgan fingerprint density at radius 2 is 1.71 bits per heavy atom. The first-order chi connectivity index (χ1) is 9.79. The number of methoxy groups -OCH3 is 1. The van der Waals surface area contributed by atoms with E-state index >= 15 is 0 Å². The Morgan fingerprint density at radius 1 is 1.05 bits per heavy atom. The number of hydrogen-bond acceptors (Lipinski definition) is 4. The first kappa shape index (κ1) is 17.8. The SMILES string of the molecule is COc1ccccc1OCC=CCN1CCN(C)CC1.Cl. The standard InChI is InChI=1S/C16H24N2O2.ClH/c1-17-10-12-18(13-11-17)9-5-6-14-20-16-8-4-3-7-15(16)19-2;/h3-8H,9-14H2,1-2H3;1H. The highest BCUT2D eigenvalue weighted by Gasteiger charge is 2.11. The van der Waals surface area contributed by atoms with Crippen molar-refractivity contribution in [3.63, 3.8) is 0 Å². The zero-order chi connectivity index (χ0) is 14.2. The molecule has 0 radical (unpaired) electrons. The van der Waals surface area contributed by atoms with Crippen molar-refractivity contribution in [3.8, 4) is 11.5 Å². The summed E-state index contributed by atoms with van der Waals surface area (Å²) < 4.78 is 10.9. The summed E-state index contributed by atoms with van der Waals surface area (Å²) >= 11 is 0. The van der Waals surface area contributed by atoms with Crippen molar-refractivity contribution >= 4 is 12.4 Å². The number of ether oxygens (including phenoxy) is 2. The molecule has 1 fully saturated rings. The predicted molar refractivity (Wildman–Crippen MR) is 88.8 cm³/mol. The van der Waals surface area contributed by atoms with Gasteiger partial charge in [-0.05, 0) is 19.2 Å². The van der Waals surface area contributed by atoms with Crippen molar-refractivity contribution < 1.29 is 9.47 Å². The Kier molecular flexibility index (Phi) is 8.20. The minimum Gasteiger partial charge on any atom is -0.493 e. The number of benzene rings is 1. The van der Waals surface area contributed by atoms with Crippen LogP contribution in [0.5, 0.6) is 11.5 Å². The van der Waals surface area contributed by atoms with Crippen LogP contribution in [0.15, 0.2) is 36.4 Å². The lowest BCUT2D eigenvalue weighted by molar-refractivity contribution is 0.166. The van der Waals surface area contributed by atoms with Crippen molar-refractivity contribution in [2.24, 2.45) is 0 Å². The van der Waals surface area contributed by atoms with Crippen LogP contribution >= 0.6 is 12.4 Å². The Hall–Kier alpha value is -1.23. The van der Waals surface area contributed by atoms with Gasteiger partial charge in [0.05, 0.1) is 7.11 Å². The summed E-state index contributed by atoms with van der Waals surface area (Å²) in [5, 5.41) is 0. The molecule has 0 bridgehead atoms. The van der Waals surface area contributed by atoms with Gasteiger partial charge in [-0.15, -0.1) is 12.4 Å². The molecule has 2 rings (SSSR count). The van der Waals surface area contributed by atoms with Crippen LogP contribution in [-0.4, -0.2) is 63.3 Å². The van der Waals surface area contributed by atoms with E-state index in [1.165, 1.54) is 0 Å². The second-order valence-corrected chi connectivity index (χ2v) is 5.04. The van der Waals surface area contributed by atoms with Crippen LogP contribution in [0, 0.1) is 0 Å². The van der Waals surface area contributed by atoms with E-state index in [0.29, 0.717) is 6.61 Å². The Morgan fingerprint density at radius 3 is 2.38 bits per heavy atom. The summed E-state index contributed by atoms with van der Waals surface area (Å²) in [6, 6.07) is 7.72. The third kappa shape index (κ3) is 5.96. The number of para-hydroxylation sites is 2. The van der Waals surface area contributed by atoms with Gasteiger partial charge >= 0.3 is 0 Å². The third-order valence-electron chi connectivity index (χ3n) is 3.53. The summed E-state index contributed by atoms with van der Waals surface area (Å²) in [5.41, 5.74) is 0. The van der Waals surface area contributed by atoms with Crippen molar-refractivity contribution in [2.75, 3.05) is 53.5 Å². The molecule has 1 saturated heterocycles. The lowest BCUT2D eigenvalue weighted by Gasteiger charge is -2.31. The molecule has 0 saturated carbocycles. The molecule has 0 amide bonds. The average Bonchev–Trinajstić information content (AvgIpc) is 2.49. The van der Waals surface area contributed by atoms with E-state index < -0.39 is 0 Å². The molecule has 1 heterocycles. The molecule has 4 nitrogen and oxygen atoms in total. The number of piperazine rings is 1. The monoisotopic (exact) mass is 312 g/mol. The summed E-state index contributed by atoms with van der Waals surface area (Å²) in [4.78, 5) is 4.82. The van der Waals surface area contributed by atoms with Crippen LogP contribution < -0.4 is 9.47 Å². The van der Waals surface area contributed by atoms with Gasteiger partial charge in [0, 0.05) is 32.7 Å². The minimum atomic E-state index is 0. The second-order valence-electron chi connectivity index (χ2n) is 5.04. The zero-order valence-corrected chi connectivity index (χ0v) is 13.6. The van der Waals surface area contributed by atoms with Crippen LogP contribution in [0.4, 0.5) is 0 Å². The molecule has 0 spiro atoms. The normalized spacial score (nSPS) is 16.7. The molecule has 0 N–H and O–H groups in total. The summed E-state index contributed by atoms with van der Waals surface area (Å²) in [6.07, 6.45) is 4.26. The van der Waals surface area contributed by atoms with E-state index in [1.54, 1.807) is 7.11 Å². The summed E-state index contributed by atoms with van der Waals surface area (Å²) in [7, 11) is 3.83. The molecule has 0 aliphatic carbocycles. The average molecular weight is 313 g/mol. The molecule has 0 atom stereocenters. The van der Waals surface area contributed by atoms with Gasteiger partial charge in [-0.3, -0.25) is 4.90 Å². The van der Waals surface area contributed by atoms with Crippen LogP contribution in [0.2, 0.25) is 0 Å². The zero-order valence-electron chi connectivity index (χ0n) is 12.8. The number of likely N-dealkylation sites (N-methyl/N-ethyl adjacent to an activating group) is 1. The van der Waals surface area contributed by atoms with Crippen LogP contribution in [0.25, 0.3) is 0 Å². The fourth-order valence-corrected chi connectivity index (χ4v) is 2.20. The number of halogens is 1. The van der Waals surface area contributed by atoms with Crippen molar-refractivity contribution in [1.29, 1.82) is 0 Å². The van der Waals surface area contributed by atoms with E-state index in [4.69, 9.17) is 9.47 Å². The van der Waals surface area contributed by atoms with Crippen LogP contribution in [-0.2, 0) is 0 Å². The fourth-order valence-electron chi connectivity index (χ4n) is 2.20. The number of hydrogen-bond donors (Lipinski definition) is 0. The van der Waals surface area contributed by atoms with Gasteiger partial charge in [0.25, 0.3) is 0 Å². The van der Waals surface area contributed by atoms with Gasteiger partial charge < -0.3 is 14.4 Å². The molecule has 1 aliphatic heterocycles. The molecule has 5 heteroatoms. The first-order valence-corrected chi connectivity index (χ1v) is 7.11. The Labute approximate surface area is 133 Å². The van der Waals surface area contributed by atoms with Gasteiger partial charge in [0.2, 0.25) is 0 Å². The fraction of sp³-hybridized carbons (Fsp3) is 0.500. The Bertz CT molecular complexity index is 432. The third-order valence-corrected chi connectivity index (χ3v) is 3.53. The van der Waals surface area contributed by atoms with Crippen molar-refractivity contribution in [3.05, 3.63) is 36.4 Å². The molecule has 1 aromatic carbocycles. The molecule has 21 heavy (non-hydrogen) atoms. The summed E-state index contributed by atoms with van der Waals surface area (Å²) in [5.74, 6) is 1.57. The van der Waals surface area contributed by atoms with Crippen LogP contribution in [0.1, 0.15) is 0 Å². The highest BCUT2D eigenvalue weighted by Crippen LogP contribution is 2.25. The van der Waals surface area contributed by atoms with Gasteiger partial charge in [-0.2, -0.15) is 0 Å². The first-order valence-electron chi connectivity index (χ1n) is 7.11. The van der Waals surface area contributed by atoms with E-state index in [2.05, 4.69) is 29.0 Å². The number of rotatable bonds is 6. The van der Waals surface area contributed by atoms with Gasteiger partial charge in [-0.1, -0.05) is 24.3 Å². The summed E-state index contributed by atoms with van der Waals surface area (Å²) in [6.45, 7) is 6.19. The molecule has 0 unspecified atom stereocenters. The van der Waals surface area contributed by atoms with Crippen molar-refractivity contribution in [1.82, 2.24) is 9.80 Å². The lowest BCUT2D eigenvalue weighted by atomic mass is 10.3. The second kappa shape index (κ2) is 9.66. The molecule has 1 aliphatic rings. The maximum atomic E-state index is 5.70. The van der Waals surface area contributed by atoms with E-state index in [1.807, 2.05) is 24.3 Å². The molecular weight excluding hydrogens is 288 g/mol. The number of nitrogens with zero attached hydrogens (tertiary/aromatic N) is 2. The van der Waals surface area contributed by atoms with Crippen LogP contribution in [0.3, 0.4) is 0 Å². The molecule has 118 valence electrons. The lowest BCUT2D eigenvalue weighted by Crippen LogP contribution is -2.44. The van der Waals surface area contributed by atoms with E-state index in [9.17, 15) is 0 Å². The smallest absolute Gasteiger partial charge is 0.161 e. The van der Waals surface area contributed by atoms with E-state index in [-0.39, 0.29) is 12.4 Å². The maximum absolute atomic E-state index is 5.70. The molecule has 0 aromatic heterocycles. The molecular formula is C16H25ClN2O2. The molecule has 1 aromatic rings. The van der Waals surface area contributed by atoms with Gasteiger partial charge in [-0.25, -0.2) is 0 Å². The van der Waals surface area contributed by atoms with Crippen molar-refractivity contribution in [2.45, 2.75) is 0 Å². The highest BCUT2D eigenvalue weighted by molar-refractivity contribution is 5.85. The Balaban J connectivity index is 0.00000220. The minimum absolute atomic E-state index is 0. The topological polar surface area (TPSA) is 24.9 Å².